The Kier molecular flexibility index (Phi) is 4.64. The van der Waals surface area contributed by atoms with Gasteiger partial charge in [0, 0.05) is 6.20 Å². The first-order chi connectivity index (χ1) is 7.31. The average Bonchev–Trinajstić information content (AvgIpc) is 2.29. The monoisotopic (exact) mass is 221 g/mol. The Morgan fingerprint density at radius 1 is 1.67 bits per heavy atom. The zero-order valence-corrected chi connectivity index (χ0v) is 9.41. The Morgan fingerprint density at radius 3 is 3.07 bits per heavy atom. The topological polar surface area (TPSA) is 58.8 Å². The number of hydrogen-bond acceptors (Lipinski definition) is 5. The van der Waals surface area contributed by atoms with Crippen LogP contribution in [0.3, 0.4) is 0 Å². The lowest BCUT2D eigenvalue weighted by Crippen LogP contribution is -1.93. The third kappa shape index (κ3) is 3.26. The van der Waals surface area contributed by atoms with Gasteiger partial charge in [0.1, 0.15) is 6.07 Å². The molecule has 4 nitrogen and oxygen atoms in total. The van der Waals surface area contributed by atoms with Gasteiger partial charge in [0.2, 0.25) is 0 Å². The van der Waals surface area contributed by atoms with Crippen molar-refractivity contribution in [3.63, 3.8) is 0 Å². The van der Waals surface area contributed by atoms with Crippen molar-refractivity contribution in [2.45, 2.75) is 12.1 Å². The first kappa shape index (κ1) is 11.5. The van der Waals surface area contributed by atoms with E-state index in [4.69, 9.17) is 10.00 Å². The van der Waals surface area contributed by atoms with Crippen molar-refractivity contribution in [3.05, 3.63) is 23.7 Å². The molecular formula is C10H11N3OS. The molecule has 0 unspecified atom stereocenters. The van der Waals surface area contributed by atoms with E-state index in [2.05, 4.69) is 9.97 Å². The molecule has 0 N–H and O–H groups in total. The third-order valence-electron chi connectivity index (χ3n) is 1.59. The van der Waals surface area contributed by atoms with Crippen LogP contribution in [0.1, 0.15) is 18.2 Å². The van der Waals surface area contributed by atoms with Gasteiger partial charge in [-0.1, -0.05) is 11.8 Å². The van der Waals surface area contributed by atoms with Gasteiger partial charge >= 0.3 is 0 Å². The van der Waals surface area contributed by atoms with Crippen molar-refractivity contribution in [1.29, 1.82) is 5.26 Å². The zero-order valence-electron chi connectivity index (χ0n) is 8.60. The van der Waals surface area contributed by atoms with Crippen molar-refractivity contribution < 1.29 is 4.74 Å². The van der Waals surface area contributed by atoms with Crippen LogP contribution < -0.4 is 0 Å². The highest BCUT2D eigenvalue weighted by Gasteiger charge is 2.02. The SMILES string of the molecule is CCOC=Cc1nc(SC)ncc1C#N. The van der Waals surface area contributed by atoms with Gasteiger partial charge in [-0.2, -0.15) is 5.26 Å². The fraction of sp³-hybridized carbons (Fsp3) is 0.300. The molecule has 1 rings (SSSR count). The van der Waals surface area contributed by atoms with E-state index in [0.29, 0.717) is 23.0 Å². The maximum absolute atomic E-state index is 8.83. The van der Waals surface area contributed by atoms with E-state index in [-0.39, 0.29) is 0 Å². The first-order valence-electron chi connectivity index (χ1n) is 4.41. The predicted molar refractivity (Wildman–Crippen MR) is 59.2 cm³/mol. The van der Waals surface area contributed by atoms with Crippen LogP contribution in [0.4, 0.5) is 0 Å². The van der Waals surface area contributed by atoms with Crippen molar-refractivity contribution in [2.75, 3.05) is 12.9 Å². The summed E-state index contributed by atoms with van der Waals surface area (Å²) in [7, 11) is 0. The van der Waals surface area contributed by atoms with Crippen LogP contribution in [-0.2, 0) is 4.74 Å². The second kappa shape index (κ2) is 6.04. The van der Waals surface area contributed by atoms with E-state index in [0.717, 1.165) is 0 Å². The highest BCUT2D eigenvalue weighted by Crippen LogP contribution is 2.12. The Bertz CT molecular complexity index is 398. The highest BCUT2D eigenvalue weighted by atomic mass is 32.2. The summed E-state index contributed by atoms with van der Waals surface area (Å²) in [5.41, 5.74) is 1.04. The lowest BCUT2D eigenvalue weighted by molar-refractivity contribution is 0.272. The van der Waals surface area contributed by atoms with E-state index < -0.39 is 0 Å². The molecule has 0 amide bonds. The van der Waals surface area contributed by atoms with Gasteiger partial charge in [0.25, 0.3) is 0 Å². The second-order valence-electron chi connectivity index (χ2n) is 2.53. The molecule has 0 atom stereocenters. The van der Waals surface area contributed by atoms with Crippen LogP contribution in [0.25, 0.3) is 6.08 Å². The molecule has 0 aromatic carbocycles. The van der Waals surface area contributed by atoms with Crippen LogP contribution in [0.15, 0.2) is 17.6 Å². The molecular weight excluding hydrogens is 210 g/mol. The molecule has 0 radical (unpaired) electrons. The Morgan fingerprint density at radius 2 is 2.47 bits per heavy atom. The summed E-state index contributed by atoms with van der Waals surface area (Å²) in [5, 5.41) is 9.47. The molecule has 0 spiro atoms. The number of rotatable bonds is 4. The summed E-state index contributed by atoms with van der Waals surface area (Å²) in [6.45, 7) is 2.49. The number of thioether (sulfide) groups is 1. The smallest absolute Gasteiger partial charge is 0.187 e. The molecule has 78 valence electrons. The number of ether oxygens (including phenoxy) is 1. The minimum atomic E-state index is 0.448. The van der Waals surface area contributed by atoms with E-state index >= 15 is 0 Å². The van der Waals surface area contributed by atoms with Crippen LogP contribution in [0.5, 0.6) is 0 Å². The van der Waals surface area contributed by atoms with Gasteiger partial charge < -0.3 is 4.74 Å². The first-order valence-corrected chi connectivity index (χ1v) is 5.63. The summed E-state index contributed by atoms with van der Waals surface area (Å²) in [4.78, 5) is 8.21. The molecule has 0 aliphatic heterocycles. The quantitative estimate of drug-likeness (QED) is 0.442. The van der Waals surface area contributed by atoms with Gasteiger partial charge in [-0.05, 0) is 19.3 Å². The summed E-state index contributed by atoms with van der Waals surface area (Å²) in [6.07, 6.45) is 6.61. The maximum atomic E-state index is 8.83. The van der Waals surface area contributed by atoms with Crippen LogP contribution in [0, 0.1) is 11.3 Å². The highest BCUT2D eigenvalue weighted by molar-refractivity contribution is 7.98. The molecule has 5 heteroatoms. The van der Waals surface area contributed by atoms with Crippen LogP contribution in [-0.4, -0.2) is 22.8 Å². The Balaban J connectivity index is 2.97. The standard InChI is InChI=1S/C10H11N3OS/c1-3-14-5-4-9-8(6-11)7-12-10(13-9)15-2/h4-5,7H,3H2,1-2H3. The van der Waals surface area contributed by atoms with Gasteiger partial charge in [0.05, 0.1) is 24.1 Å². The summed E-state index contributed by atoms with van der Waals surface area (Å²) in [5.74, 6) is 0. The molecule has 0 saturated heterocycles. The number of nitrogens with zero attached hydrogens (tertiary/aromatic N) is 3. The molecule has 1 aromatic heterocycles. The van der Waals surface area contributed by atoms with E-state index in [1.165, 1.54) is 24.2 Å². The number of nitriles is 1. The van der Waals surface area contributed by atoms with Gasteiger partial charge in [-0.15, -0.1) is 0 Å². The van der Waals surface area contributed by atoms with Crippen molar-refractivity contribution in [3.8, 4) is 6.07 Å². The maximum Gasteiger partial charge on any atom is 0.187 e. The number of aromatic nitrogens is 2. The van der Waals surface area contributed by atoms with Gasteiger partial charge in [-0.25, -0.2) is 9.97 Å². The summed E-state index contributed by atoms with van der Waals surface area (Å²) >= 11 is 1.44. The number of hydrogen-bond donors (Lipinski definition) is 0. The second-order valence-corrected chi connectivity index (χ2v) is 3.30. The molecule has 0 aliphatic carbocycles. The summed E-state index contributed by atoms with van der Waals surface area (Å²) in [6, 6.07) is 2.03. The molecule has 15 heavy (non-hydrogen) atoms. The minimum Gasteiger partial charge on any atom is -0.501 e. The molecule has 0 saturated carbocycles. The molecule has 0 bridgehead atoms. The molecule has 1 heterocycles. The minimum absolute atomic E-state index is 0.448. The normalized spacial score (nSPS) is 10.2. The van der Waals surface area contributed by atoms with Crippen molar-refractivity contribution in [2.24, 2.45) is 0 Å². The van der Waals surface area contributed by atoms with E-state index in [1.807, 2.05) is 19.2 Å². The van der Waals surface area contributed by atoms with Gasteiger partial charge in [-0.3, -0.25) is 0 Å². The Labute approximate surface area is 93.0 Å². The van der Waals surface area contributed by atoms with E-state index in [1.54, 1.807) is 6.08 Å². The predicted octanol–water partition coefficient (Wildman–Crippen LogP) is 2.08. The van der Waals surface area contributed by atoms with E-state index in [9.17, 15) is 0 Å². The van der Waals surface area contributed by atoms with Gasteiger partial charge in [0.15, 0.2) is 5.16 Å². The third-order valence-corrected chi connectivity index (χ3v) is 2.15. The molecule has 0 fully saturated rings. The Hall–Kier alpha value is -1.54. The summed E-state index contributed by atoms with van der Waals surface area (Å²) < 4.78 is 5.05. The fourth-order valence-corrected chi connectivity index (χ4v) is 1.25. The largest absolute Gasteiger partial charge is 0.501 e. The molecule has 0 aliphatic rings. The van der Waals surface area contributed by atoms with Crippen LogP contribution in [0.2, 0.25) is 0 Å². The van der Waals surface area contributed by atoms with Crippen LogP contribution >= 0.6 is 11.8 Å². The lowest BCUT2D eigenvalue weighted by atomic mass is 10.2. The zero-order chi connectivity index (χ0) is 11.1. The van der Waals surface area contributed by atoms with Crippen molar-refractivity contribution >= 4 is 17.8 Å². The average molecular weight is 221 g/mol. The lowest BCUT2D eigenvalue weighted by Gasteiger charge is -1.99. The molecule has 1 aromatic rings. The van der Waals surface area contributed by atoms with Crippen molar-refractivity contribution in [1.82, 2.24) is 9.97 Å². The fourth-order valence-electron chi connectivity index (χ4n) is 0.898.